The van der Waals surface area contributed by atoms with E-state index in [0.717, 1.165) is 4.47 Å². The fourth-order valence-electron chi connectivity index (χ4n) is 1.63. The van der Waals surface area contributed by atoms with Gasteiger partial charge in [-0.05, 0) is 30.3 Å². The number of hydrogen-bond donors (Lipinski definition) is 2. The summed E-state index contributed by atoms with van der Waals surface area (Å²) in [7, 11) is 0. The second kappa shape index (κ2) is 7.42. The standard InChI is InChI=1S/C14H10BrClF2N2O2/c15-8-4-5-12(11(16)6-8)20-14(21)19-9-2-1-3-10(7-9)22-13(17)18/h1-7,13H,(H2,19,20,21). The minimum absolute atomic E-state index is 0.0468. The van der Waals surface area contributed by atoms with E-state index in [-0.39, 0.29) is 5.75 Å². The Kier molecular flexibility index (Phi) is 5.57. The number of halogens is 4. The van der Waals surface area contributed by atoms with E-state index in [1.165, 1.54) is 18.2 Å². The third-order valence-electron chi connectivity index (χ3n) is 2.50. The monoisotopic (exact) mass is 390 g/mol. The third kappa shape index (κ3) is 4.85. The lowest BCUT2D eigenvalue weighted by molar-refractivity contribution is -0.0497. The molecule has 0 unspecified atom stereocenters. The van der Waals surface area contributed by atoms with Crippen LogP contribution in [0, 0.1) is 0 Å². The van der Waals surface area contributed by atoms with Gasteiger partial charge in [0, 0.05) is 16.2 Å². The molecule has 2 aromatic carbocycles. The highest BCUT2D eigenvalue weighted by atomic mass is 79.9. The van der Waals surface area contributed by atoms with Gasteiger partial charge < -0.3 is 15.4 Å². The predicted octanol–water partition coefficient (Wildman–Crippen LogP) is 5.35. The maximum atomic E-state index is 12.1. The molecule has 0 aliphatic carbocycles. The van der Waals surface area contributed by atoms with Crippen LogP contribution in [0.1, 0.15) is 0 Å². The second-order valence-corrected chi connectivity index (χ2v) is 5.43. The Balaban J connectivity index is 2.02. The summed E-state index contributed by atoms with van der Waals surface area (Å²) in [5.74, 6) is -0.0468. The second-order valence-electron chi connectivity index (χ2n) is 4.11. The maximum Gasteiger partial charge on any atom is 0.387 e. The van der Waals surface area contributed by atoms with Gasteiger partial charge >= 0.3 is 12.6 Å². The summed E-state index contributed by atoms with van der Waals surface area (Å²) >= 11 is 9.24. The lowest BCUT2D eigenvalue weighted by atomic mass is 10.3. The first-order chi connectivity index (χ1) is 10.4. The fraction of sp³-hybridized carbons (Fsp3) is 0.0714. The van der Waals surface area contributed by atoms with Crippen LogP contribution in [0.25, 0.3) is 0 Å². The summed E-state index contributed by atoms with van der Waals surface area (Å²) in [4.78, 5) is 11.9. The number of carbonyl (C=O) groups excluding carboxylic acids is 1. The largest absolute Gasteiger partial charge is 0.435 e. The molecule has 0 radical (unpaired) electrons. The first kappa shape index (κ1) is 16.5. The molecular weight excluding hydrogens is 382 g/mol. The smallest absolute Gasteiger partial charge is 0.387 e. The molecule has 0 aliphatic heterocycles. The lowest BCUT2D eigenvalue weighted by Crippen LogP contribution is -2.19. The Morgan fingerprint density at radius 1 is 1.18 bits per heavy atom. The SMILES string of the molecule is O=C(Nc1cccc(OC(F)F)c1)Nc1ccc(Br)cc1Cl. The van der Waals surface area contributed by atoms with Gasteiger partial charge in [0.25, 0.3) is 0 Å². The van der Waals surface area contributed by atoms with Crippen molar-refractivity contribution in [1.82, 2.24) is 0 Å². The number of benzene rings is 2. The van der Waals surface area contributed by atoms with Gasteiger partial charge in [-0.2, -0.15) is 8.78 Å². The molecule has 0 bridgehead atoms. The van der Waals surface area contributed by atoms with E-state index >= 15 is 0 Å². The van der Waals surface area contributed by atoms with Crippen LogP contribution >= 0.6 is 27.5 Å². The number of anilines is 2. The molecule has 2 N–H and O–H groups in total. The molecule has 2 amide bonds. The summed E-state index contributed by atoms with van der Waals surface area (Å²) < 4.78 is 29.3. The quantitative estimate of drug-likeness (QED) is 0.738. The van der Waals surface area contributed by atoms with Crippen molar-refractivity contribution in [1.29, 1.82) is 0 Å². The highest BCUT2D eigenvalue weighted by molar-refractivity contribution is 9.10. The van der Waals surface area contributed by atoms with Crippen LogP contribution in [-0.2, 0) is 0 Å². The molecule has 0 atom stereocenters. The van der Waals surface area contributed by atoms with Crippen LogP contribution in [0.2, 0.25) is 5.02 Å². The Morgan fingerprint density at radius 3 is 2.64 bits per heavy atom. The van der Waals surface area contributed by atoms with Gasteiger partial charge in [-0.1, -0.05) is 33.6 Å². The molecule has 4 nitrogen and oxygen atoms in total. The van der Waals surface area contributed by atoms with Crippen LogP contribution in [0.15, 0.2) is 46.9 Å². The number of alkyl halides is 2. The van der Waals surface area contributed by atoms with E-state index in [1.807, 2.05) is 0 Å². The number of hydrogen-bond acceptors (Lipinski definition) is 2. The van der Waals surface area contributed by atoms with Gasteiger partial charge in [0.15, 0.2) is 0 Å². The first-order valence-electron chi connectivity index (χ1n) is 6.02. The molecule has 0 aromatic heterocycles. The molecule has 0 aliphatic rings. The number of rotatable bonds is 4. The highest BCUT2D eigenvalue weighted by Crippen LogP contribution is 2.26. The molecule has 2 aromatic rings. The zero-order valence-corrected chi connectivity index (χ0v) is 13.3. The topological polar surface area (TPSA) is 50.4 Å². The summed E-state index contributed by atoms with van der Waals surface area (Å²) in [6.45, 7) is -2.93. The van der Waals surface area contributed by atoms with Crippen molar-refractivity contribution >= 4 is 44.9 Å². The molecule has 0 saturated carbocycles. The Labute approximate surface area is 138 Å². The first-order valence-corrected chi connectivity index (χ1v) is 7.19. The number of amides is 2. The average Bonchev–Trinajstić information content (AvgIpc) is 2.41. The Bertz CT molecular complexity index is 686. The van der Waals surface area contributed by atoms with Crippen molar-refractivity contribution < 1.29 is 18.3 Å². The number of nitrogens with one attached hydrogen (secondary N) is 2. The molecule has 0 heterocycles. The van der Waals surface area contributed by atoms with Crippen LogP contribution in [0.3, 0.4) is 0 Å². The molecule has 0 fully saturated rings. The van der Waals surface area contributed by atoms with Crippen LogP contribution in [0.4, 0.5) is 25.0 Å². The zero-order chi connectivity index (χ0) is 16.1. The molecule has 116 valence electrons. The van der Waals surface area contributed by atoms with E-state index in [0.29, 0.717) is 16.4 Å². The Hall–Kier alpha value is -1.86. The molecular formula is C14H10BrClF2N2O2. The number of urea groups is 1. The van der Waals surface area contributed by atoms with Gasteiger partial charge in [0.05, 0.1) is 10.7 Å². The molecule has 0 saturated heterocycles. The lowest BCUT2D eigenvalue weighted by Gasteiger charge is -2.10. The number of carbonyl (C=O) groups is 1. The molecule has 0 spiro atoms. The number of ether oxygens (including phenoxy) is 1. The van der Waals surface area contributed by atoms with Crippen LogP contribution < -0.4 is 15.4 Å². The van der Waals surface area contributed by atoms with Gasteiger partial charge in [-0.15, -0.1) is 0 Å². The molecule has 2 rings (SSSR count). The van der Waals surface area contributed by atoms with Crippen LogP contribution in [0.5, 0.6) is 5.75 Å². The fourth-order valence-corrected chi connectivity index (χ4v) is 2.35. The van der Waals surface area contributed by atoms with E-state index < -0.39 is 12.6 Å². The van der Waals surface area contributed by atoms with Crippen molar-refractivity contribution in [3.8, 4) is 5.75 Å². The van der Waals surface area contributed by atoms with Crippen molar-refractivity contribution in [2.24, 2.45) is 0 Å². The van der Waals surface area contributed by atoms with Crippen molar-refractivity contribution in [3.05, 3.63) is 52.0 Å². The van der Waals surface area contributed by atoms with Gasteiger partial charge in [0.1, 0.15) is 5.75 Å². The van der Waals surface area contributed by atoms with Crippen molar-refractivity contribution in [3.63, 3.8) is 0 Å². The van der Waals surface area contributed by atoms with Gasteiger partial charge in [-0.25, -0.2) is 4.79 Å². The summed E-state index contributed by atoms with van der Waals surface area (Å²) in [6.07, 6.45) is 0. The maximum absolute atomic E-state index is 12.1. The Morgan fingerprint density at radius 2 is 1.95 bits per heavy atom. The minimum atomic E-state index is -2.93. The van der Waals surface area contributed by atoms with Crippen molar-refractivity contribution in [2.45, 2.75) is 6.61 Å². The summed E-state index contributed by atoms with van der Waals surface area (Å²) in [6, 6.07) is 10.1. The van der Waals surface area contributed by atoms with Gasteiger partial charge in [-0.3, -0.25) is 0 Å². The molecule has 22 heavy (non-hydrogen) atoms. The predicted molar refractivity (Wildman–Crippen MR) is 84.9 cm³/mol. The van der Waals surface area contributed by atoms with E-state index in [2.05, 4.69) is 31.3 Å². The van der Waals surface area contributed by atoms with E-state index in [9.17, 15) is 13.6 Å². The zero-order valence-electron chi connectivity index (χ0n) is 10.9. The minimum Gasteiger partial charge on any atom is -0.435 e. The highest BCUT2D eigenvalue weighted by Gasteiger charge is 2.08. The van der Waals surface area contributed by atoms with Crippen molar-refractivity contribution in [2.75, 3.05) is 10.6 Å². The van der Waals surface area contributed by atoms with Gasteiger partial charge in [0.2, 0.25) is 0 Å². The average molecular weight is 392 g/mol. The summed E-state index contributed by atoms with van der Waals surface area (Å²) in [5.41, 5.74) is 0.728. The molecule has 8 heteroatoms. The van der Waals surface area contributed by atoms with E-state index in [1.54, 1.807) is 24.3 Å². The normalized spacial score (nSPS) is 10.4. The van der Waals surface area contributed by atoms with E-state index in [4.69, 9.17) is 11.6 Å². The third-order valence-corrected chi connectivity index (χ3v) is 3.30. The van der Waals surface area contributed by atoms with Crippen LogP contribution in [-0.4, -0.2) is 12.6 Å². The summed E-state index contributed by atoms with van der Waals surface area (Å²) in [5, 5.41) is 5.42.